The minimum absolute atomic E-state index is 0.138. The number of aromatic nitrogens is 1. The summed E-state index contributed by atoms with van der Waals surface area (Å²) in [6.07, 6.45) is 1.83. The molecular weight excluding hydrogens is 349 g/mol. The van der Waals surface area contributed by atoms with Gasteiger partial charge < -0.3 is 5.32 Å². The summed E-state index contributed by atoms with van der Waals surface area (Å²) in [5.74, 6) is -0.138. The largest absolute Gasteiger partial charge is 0.324 e. The normalized spacial score (nSPS) is 13.8. The monoisotopic (exact) mass is 363 g/mol. The molecule has 1 aliphatic heterocycles. The Labute approximate surface area is 149 Å². The molecule has 0 saturated heterocycles. The Morgan fingerprint density at radius 2 is 2.12 bits per heavy atom. The number of pyridine rings is 1. The molecule has 5 nitrogen and oxygen atoms in total. The number of halogens is 2. The van der Waals surface area contributed by atoms with Crippen LogP contribution in [0.5, 0.6) is 0 Å². The number of aryl methyl sites for hydroxylation is 1. The number of carbonyl (C=O) groups is 1. The number of hydrogen-bond acceptors (Lipinski definition) is 4. The summed E-state index contributed by atoms with van der Waals surface area (Å²) < 4.78 is 0. The molecule has 1 aromatic heterocycles. The molecular formula is C17H15Cl2N3O2. The fourth-order valence-corrected chi connectivity index (χ4v) is 2.63. The Morgan fingerprint density at radius 3 is 2.83 bits per heavy atom. The molecule has 2 heterocycles. The quantitative estimate of drug-likeness (QED) is 0.862. The van der Waals surface area contributed by atoms with E-state index in [2.05, 4.69) is 15.8 Å². The maximum Gasteiger partial charge on any atom is 0.228 e. The molecule has 0 unspecified atom stereocenters. The Morgan fingerprint density at radius 1 is 1.29 bits per heavy atom. The topological polar surface area (TPSA) is 63.2 Å². The van der Waals surface area contributed by atoms with Gasteiger partial charge in [0.2, 0.25) is 5.91 Å². The van der Waals surface area contributed by atoms with Crippen molar-refractivity contribution in [3.05, 3.63) is 63.4 Å². The number of hydrogen-bond donors (Lipinski definition) is 2. The van der Waals surface area contributed by atoms with Crippen LogP contribution < -0.4 is 10.8 Å². The summed E-state index contributed by atoms with van der Waals surface area (Å²) in [7, 11) is 0. The van der Waals surface area contributed by atoms with Gasteiger partial charge in [-0.3, -0.25) is 20.1 Å². The molecule has 7 heteroatoms. The van der Waals surface area contributed by atoms with Crippen molar-refractivity contribution in [2.24, 2.45) is 0 Å². The molecule has 0 spiro atoms. The molecule has 124 valence electrons. The molecule has 1 amide bonds. The van der Waals surface area contributed by atoms with E-state index >= 15 is 0 Å². The van der Waals surface area contributed by atoms with E-state index in [1.54, 1.807) is 18.3 Å². The lowest BCUT2D eigenvalue weighted by Crippen LogP contribution is -2.13. The number of amides is 1. The van der Waals surface area contributed by atoms with Gasteiger partial charge >= 0.3 is 0 Å². The number of anilines is 1. The lowest BCUT2D eigenvalue weighted by molar-refractivity contribution is -0.115. The van der Waals surface area contributed by atoms with Crippen molar-refractivity contribution >= 4 is 40.5 Å². The smallest absolute Gasteiger partial charge is 0.228 e. The van der Waals surface area contributed by atoms with Gasteiger partial charge in [-0.1, -0.05) is 29.3 Å². The van der Waals surface area contributed by atoms with Crippen LogP contribution in [0.25, 0.3) is 5.70 Å². The molecule has 0 radical (unpaired) electrons. The van der Waals surface area contributed by atoms with Crippen LogP contribution in [0.1, 0.15) is 17.7 Å². The van der Waals surface area contributed by atoms with Crippen LogP contribution in [0.15, 0.2) is 42.1 Å². The van der Waals surface area contributed by atoms with Gasteiger partial charge in [0, 0.05) is 11.3 Å². The fourth-order valence-electron chi connectivity index (χ4n) is 2.33. The van der Waals surface area contributed by atoms with E-state index in [4.69, 9.17) is 28.0 Å². The molecule has 0 aliphatic carbocycles. The fraction of sp³-hybridized carbons (Fsp3) is 0.176. The lowest BCUT2D eigenvalue weighted by Gasteiger charge is -2.08. The lowest BCUT2D eigenvalue weighted by atomic mass is 10.1. The summed E-state index contributed by atoms with van der Waals surface area (Å²) in [4.78, 5) is 21.7. The summed E-state index contributed by atoms with van der Waals surface area (Å²) in [6, 6.07) is 8.94. The standard InChI is InChI=1S/C17H15Cl2N3O2/c1-10-2-4-13(8-20-10)21-16(23)7-12-9-24-22-17(12)11-3-5-14(18)15(19)6-11/h2-6,8,22H,7,9H2,1H3,(H,21,23). The number of nitrogens with one attached hydrogen (secondary N) is 2. The van der Waals surface area contributed by atoms with Gasteiger partial charge in [-0.25, -0.2) is 0 Å². The first-order valence-corrected chi connectivity index (χ1v) is 8.06. The summed E-state index contributed by atoms with van der Waals surface area (Å²) in [5, 5.41) is 3.75. The molecule has 1 aromatic carbocycles. The molecule has 1 aliphatic rings. The van der Waals surface area contributed by atoms with E-state index in [1.807, 2.05) is 25.1 Å². The predicted octanol–water partition coefficient (Wildman–Crippen LogP) is 3.97. The van der Waals surface area contributed by atoms with Crippen molar-refractivity contribution in [1.82, 2.24) is 10.5 Å². The Bertz CT molecular complexity index is 804. The molecule has 0 saturated carbocycles. The second-order valence-corrected chi connectivity index (χ2v) is 6.23. The summed E-state index contributed by atoms with van der Waals surface area (Å²) in [6.45, 7) is 2.22. The number of carbonyl (C=O) groups excluding carboxylic acids is 1. The van der Waals surface area contributed by atoms with Crippen molar-refractivity contribution < 1.29 is 9.63 Å². The van der Waals surface area contributed by atoms with Crippen molar-refractivity contribution in [1.29, 1.82) is 0 Å². The maximum atomic E-state index is 12.2. The van der Waals surface area contributed by atoms with Crippen LogP contribution >= 0.6 is 23.2 Å². The van der Waals surface area contributed by atoms with Crippen LogP contribution in [0.2, 0.25) is 10.0 Å². The first-order chi connectivity index (χ1) is 11.5. The zero-order valence-electron chi connectivity index (χ0n) is 12.9. The first-order valence-electron chi connectivity index (χ1n) is 7.30. The highest BCUT2D eigenvalue weighted by Crippen LogP contribution is 2.29. The highest BCUT2D eigenvalue weighted by atomic mass is 35.5. The molecule has 0 atom stereocenters. The van der Waals surface area contributed by atoms with E-state index in [0.717, 1.165) is 22.5 Å². The number of benzene rings is 1. The van der Waals surface area contributed by atoms with E-state index in [-0.39, 0.29) is 12.3 Å². The van der Waals surface area contributed by atoms with Crippen LogP contribution in [0.4, 0.5) is 5.69 Å². The van der Waals surface area contributed by atoms with Crippen molar-refractivity contribution in [2.75, 3.05) is 11.9 Å². The van der Waals surface area contributed by atoms with Crippen molar-refractivity contribution in [2.45, 2.75) is 13.3 Å². The molecule has 3 rings (SSSR count). The van der Waals surface area contributed by atoms with Crippen LogP contribution in [0, 0.1) is 6.92 Å². The maximum absolute atomic E-state index is 12.2. The summed E-state index contributed by atoms with van der Waals surface area (Å²) >= 11 is 12.0. The third kappa shape index (κ3) is 3.87. The second-order valence-electron chi connectivity index (χ2n) is 5.41. The summed E-state index contributed by atoms with van der Waals surface area (Å²) in [5.41, 5.74) is 6.79. The Hall–Kier alpha value is -2.08. The zero-order chi connectivity index (χ0) is 17.1. The SMILES string of the molecule is Cc1ccc(NC(=O)CC2=C(c3ccc(Cl)c(Cl)c3)NOC2)cn1. The van der Waals surface area contributed by atoms with Gasteiger partial charge in [0.25, 0.3) is 0 Å². The molecule has 0 bridgehead atoms. The van der Waals surface area contributed by atoms with Gasteiger partial charge in [-0.2, -0.15) is 0 Å². The van der Waals surface area contributed by atoms with Crippen LogP contribution in [0.3, 0.4) is 0 Å². The van der Waals surface area contributed by atoms with E-state index in [0.29, 0.717) is 22.3 Å². The first kappa shape index (κ1) is 16.8. The van der Waals surface area contributed by atoms with Crippen LogP contribution in [-0.4, -0.2) is 17.5 Å². The molecule has 2 aromatic rings. The third-order valence-electron chi connectivity index (χ3n) is 3.55. The second kappa shape index (κ2) is 7.21. The highest BCUT2D eigenvalue weighted by Gasteiger charge is 2.20. The van der Waals surface area contributed by atoms with E-state index < -0.39 is 0 Å². The minimum Gasteiger partial charge on any atom is -0.324 e. The molecule has 2 N–H and O–H groups in total. The highest BCUT2D eigenvalue weighted by molar-refractivity contribution is 6.42. The number of nitrogens with zero attached hydrogens (tertiary/aromatic N) is 1. The predicted molar refractivity (Wildman–Crippen MR) is 94.7 cm³/mol. The van der Waals surface area contributed by atoms with Gasteiger partial charge in [0.15, 0.2) is 0 Å². The van der Waals surface area contributed by atoms with Gasteiger partial charge in [-0.15, -0.1) is 0 Å². The third-order valence-corrected chi connectivity index (χ3v) is 4.29. The minimum atomic E-state index is -0.138. The van der Waals surface area contributed by atoms with E-state index in [1.165, 1.54) is 0 Å². The van der Waals surface area contributed by atoms with Crippen molar-refractivity contribution in [3.8, 4) is 0 Å². The number of hydroxylamine groups is 1. The Balaban J connectivity index is 1.75. The van der Waals surface area contributed by atoms with Crippen LogP contribution in [-0.2, 0) is 9.63 Å². The average Bonchev–Trinajstić information content (AvgIpc) is 3.00. The van der Waals surface area contributed by atoms with E-state index in [9.17, 15) is 4.79 Å². The van der Waals surface area contributed by atoms with Gasteiger partial charge in [-0.05, 0) is 36.8 Å². The van der Waals surface area contributed by atoms with Gasteiger partial charge in [0.05, 0.1) is 40.7 Å². The molecule has 0 fully saturated rings. The Kier molecular flexibility index (Phi) is 5.04. The van der Waals surface area contributed by atoms with Gasteiger partial charge in [0.1, 0.15) is 0 Å². The zero-order valence-corrected chi connectivity index (χ0v) is 14.4. The number of rotatable bonds is 4. The molecule has 24 heavy (non-hydrogen) atoms. The average molecular weight is 364 g/mol. The van der Waals surface area contributed by atoms with Crippen molar-refractivity contribution in [3.63, 3.8) is 0 Å².